The maximum atomic E-state index is 12.2. The molecule has 0 fully saturated rings. The minimum absolute atomic E-state index is 0.0345. The predicted molar refractivity (Wildman–Crippen MR) is 118 cm³/mol. The summed E-state index contributed by atoms with van der Waals surface area (Å²) >= 11 is 0. The second kappa shape index (κ2) is 8.54. The number of alkyl carbamates (subject to hydrolysis) is 1. The molecule has 4 rings (SSSR count). The van der Waals surface area contributed by atoms with Gasteiger partial charge in [-0.2, -0.15) is 5.26 Å². The van der Waals surface area contributed by atoms with Crippen LogP contribution in [0.3, 0.4) is 0 Å². The van der Waals surface area contributed by atoms with E-state index in [0.717, 1.165) is 5.56 Å². The molecule has 0 heterocycles. The lowest BCUT2D eigenvalue weighted by Gasteiger charge is -2.14. The van der Waals surface area contributed by atoms with Gasteiger partial charge in [0, 0.05) is 18.2 Å². The first-order valence-electron chi connectivity index (χ1n) is 9.72. The SMILES string of the molecule is N#Cc1ccc(N)c(C=CCNC(=O)OCC2c3ccccc3-c3ccccc32)c1. The van der Waals surface area contributed by atoms with Crippen molar-refractivity contribution >= 4 is 17.9 Å². The van der Waals surface area contributed by atoms with Gasteiger partial charge in [-0.1, -0.05) is 60.7 Å². The summed E-state index contributed by atoms with van der Waals surface area (Å²) in [4.78, 5) is 12.2. The van der Waals surface area contributed by atoms with Crippen molar-refractivity contribution in [2.75, 3.05) is 18.9 Å². The van der Waals surface area contributed by atoms with Crippen molar-refractivity contribution < 1.29 is 9.53 Å². The van der Waals surface area contributed by atoms with E-state index < -0.39 is 6.09 Å². The molecule has 0 radical (unpaired) electrons. The van der Waals surface area contributed by atoms with Crippen LogP contribution in [0, 0.1) is 11.3 Å². The van der Waals surface area contributed by atoms with Gasteiger partial charge in [-0.25, -0.2) is 4.79 Å². The molecular weight excluding hydrogens is 374 g/mol. The van der Waals surface area contributed by atoms with Crippen LogP contribution in [-0.2, 0) is 4.74 Å². The molecule has 148 valence electrons. The van der Waals surface area contributed by atoms with E-state index in [9.17, 15) is 4.79 Å². The van der Waals surface area contributed by atoms with Gasteiger partial charge in [-0.15, -0.1) is 0 Å². The van der Waals surface area contributed by atoms with Crippen LogP contribution in [0.25, 0.3) is 17.2 Å². The molecule has 0 aromatic heterocycles. The molecule has 30 heavy (non-hydrogen) atoms. The maximum absolute atomic E-state index is 12.2. The molecule has 1 aliphatic rings. The summed E-state index contributed by atoms with van der Waals surface area (Å²) in [6.07, 6.45) is 3.08. The van der Waals surface area contributed by atoms with Crippen molar-refractivity contribution in [2.45, 2.75) is 5.92 Å². The summed E-state index contributed by atoms with van der Waals surface area (Å²) < 4.78 is 5.50. The van der Waals surface area contributed by atoms with Crippen molar-refractivity contribution in [1.82, 2.24) is 5.32 Å². The quantitative estimate of drug-likeness (QED) is 0.613. The zero-order chi connectivity index (χ0) is 20.9. The Labute approximate surface area is 175 Å². The number of carbonyl (C=O) groups is 1. The number of hydrogen-bond acceptors (Lipinski definition) is 4. The second-order valence-electron chi connectivity index (χ2n) is 7.06. The van der Waals surface area contributed by atoms with E-state index in [4.69, 9.17) is 15.7 Å². The minimum Gasteiger partial charge on any atom is -0.449 e. The monoisotopic (exact) mass is 395 g/mol. The minimum atomic E-state index is -0.472. The molecule has 0 aliphatic heterocycles. The number of hydrogen-bond donors (Lipinski definition) is 2. The van der Waals surface area contributed by atoms with Crippen LogP contribution >= 0.6 is 0 Å². The van der Waals surface area contributed by atoms with Crippen molar-refractivity contribution in [3.63, 3.8) is 0 Å². The molecule has 0 bridgehead atoms. The summed E-state index contributed by atoms with van der Waals surface area (Å²) in [6, 6.07) is 23.6. The van der Waals surface area contributed by atoms with Crippen LogP contribution < -0.4 is 11.1 Å². The van der Waals surface area contributed by atoms with Crippen LogP contribution in [0.1, 0.15) is 28.2 Å². The fourth-order valence-corrected chi connectivity index (χ4v) is 3.77. The molecule has 5 nitrogen and oxygen atoms in total. The average Bonchev–Trinajstić information content (AvgIpc) is 3.10. The van der Waals surface area contributed by atoms with Gasteiger partial charge in [-0.05, 0) is 46.0 Å². The lowest BCUT2D eigenvalue weighted by Crippen LogP contribution is -2.26. The third-order valence-corrected chi connectivity index (χ3v) is 5.22. The highest BCUT2D eigenvalue weighted by molar-refractivity contribution is 5.79. The Bertz CT molecular complexity index is 1120. The molecule has 3 aromatic rings. The largest absolute Gasteiger partial charge is 0.449 e. The van der Waals surface area contributed by atoms with Gasteiger partial charge in [0.05, 0.1) is 11.6 Å². The molecule has 3 aromatic carbocycles. The fraction of sp³-hybridized carbons (Fsp3) is 0.120. The number of nitrogen functional groups attached to an aromatic ring is 1. The number of amides is 1. The van der Waals surface area contributed by atoms with E-state index in [1.54, 1.807) is 30.4 Å². The number of anilines is 1. The van der Waals surface area contributed by atoms with Crippen LogP contribution in [0.5, 0.6) is 0 Å². The van der Waals surface area contributed by atoms with Gasteiger partial charge in [-0.3, -0.25) is 0 Å². The zero-order valence-electron chi connectivity index (χ0n) is 16.3. The van der Waals surface area contributed by atoms with Gasteiger partial charge in [0.15, 0.2) is 0 Å². The van der Waals surface area contributed by atoms with Gasteiger partial charge in [0.2, 0.25) is 0 Å². The first kappa shape index (κ1) is 19.3. The van der Waals surface area contributed by atoms with Crippen molar-refractivity contribution in [2.24, 2.45) is 0 Å². The molecule has 3 N–H and O–H groups in total. The third kappa shape index (κ3) is 3.89. The Kier molecular flexibility index (Phi) is 5.49. The van der Waals surface area contributed by atoms with E-state index in [1.807, 2.05) is 24.3 Å². The van der Waals surface area contributed by atoms with Crippen LogP contribution in [0.15, 0.2) is 72.8 Å². The molecule has 0 saturated heterocycles. The first-order valence-corrected chi connectivity index (χ1v) is 9.72. The topological polar surface area (TPSA) is 88.1 Å². The number of nitrogens with two attached hydrogens (primary N) is 1. The summed E-state index contributed by atoms with van der Waals surface area (Å²) in [7, 11) is 0. The van der Waals surface area contributed by atoms with Crippen LogP contribution in [-0.4, -0.2) is 19.2 Å². The molecule has 0 unspecified atom stereocenters. The maximum Gasteiger partial charge on any atom is 0.407 e. The lowest BCUT2D eigenvalue weighted by atomic mass is 9.98. The normalized spacial score (nSPS) is 12.2. The highest BCUT2D eigenvalue weighted by atomic mass is 16.5. The van der Waals surface area contributed by atoms with Crippen LogP contribution in [0.4, 0.5) is 10.5 Å². The zero-order valence-corrected chi connectivity index (χ0v) is 16.3. The Hall–Kier alpha value is -4.04. The predicted octanol–water partition coefficient (Wildman–Crippen LogP) is 4.69. The standard InChI is InChI=1S/C25H21N3O2/c26-15-17-11-12-24(27)18(14-17)6-5-13-28-25(29)30-16-23-21-9-3-1-7-19(21)20-8-2-4-10-22(20)23/h1-12,14,23H,13,16,27H2,(H,28,29). The number of carbonyl (C=O) groups excluding carboxylic acids is 1. The Balaban J connectivity index is 1.34. The highest BCUT2D eigenvalue weighted by Gasteiger charge is 2.28. The number of benzene rings is 3. The first-order chi connectivity index (χ1) is 14.7. The Morgan fingerprint density at radius 3 is 2.40 bits per heavy atom. The van der Waals surface area contributed by atoms with Crippen molar-refractivity contribution in [1.29, 1.82) is 5.26 Å². The van der Waals surface area contributed by atoms with Crippen LogP contribution in [0.2, 0.25) is 0 Å². The number of ether oxygens (including phenoxy) is 1. The van der Waals surface area contributed by atoms with Gasteiger partial charge >= 0.3 is 6.09 Å². The van der Waals surface area contributed by atoms with Crippen molar-refractivity contribution in [3.8, 4) is 17.2 Å². The average molecular weight is 395 g/mol. The number of rotatable bonds is 5. The number of nitriles is 1. The summed E-state index contributed by atoms with van der Waals surface area (Å²) in [5.74, 6) is 0.0345. The van der Waals surface area contributed by atoms with E-state index in [1.165, 1.54) is 22.3 Å². The number of nitrogens with one attached hydrogen (secondary N) is 1. The molecule has 1 amide bonds. The van der Waals surface area contributed by atoms with Gasteiger partial charge in [0.25, 0.3) is 0 Å². The van der Waals surface area contributed by atoms with E-state index >= 15 is 0 Å². The van der Waals surface area contributed by atoms with E-state index in [0.29, 0.717) is 17.8 Å². The Morgan fingerprint density at radius 1 is 1.07 bits per heavy atom. The van der Waals surface area contributed by atoms with Gasteiger partial charge in [0.1, 0.15) is 6.61 Å². The molecule has 0 spiro atoms. The van der Waals surface area contributed by atoms with Crippen molar-refractivity contribution in [3.05, 3.63) is 95.1 Å². The molecular formula is C25H21N3O2. The summed E-state index contributed by atoms with van der Waals surface area (Å²) in [5, 5.41) is 11.7. The molecule has 1 aliphatic carbocycles. The molecule has 0 atom stereocenters. The van der Waals surface area contributed by atoms with Gasteiger partial charge < -0.3 is 15.8 Å². The molecule has 5 heteroatoms. The molecule has 0 saturated carbocycles. The summed E-state index contributed by atoms with van der Waals surface area (Å²) in [6.45, 7) is 0.577. The number of fused-ring (bicyclic) bond motifs is 3. The lowest BCUT2D eigenvalue weighted by molar-refractivity contribution is 0.144. The Morgan fingerprint density at radius 2 is 1.73 bits per heavy atom. The highest BCUT2D eigenvalue weighted by Crippen LogP contribution is 2.44. The third-order valence-electron chi connectivity index (χ3n) is 5.22. The number of nitrogens with zero attached hydrogens (tertiary/aromatic N) is 1. The second-order valence-corrected chi connectivity index (χ2v) is 7.06. The fourth-order valence-electron chi connectivity index (χ4n) is 3.77. The summed E-state index contributed by atoms with van der Waals surface area (Å²) in [5.41, 5.74) is 12.5. The smallest absolute Gasteiger partial charge is 0.407 e. The van der Waals surface area contributed by atoms with E-state index in [-0.39, 0.29) is 12.5 Å². The van der Waals surface area contributed by atoms with E-state index in [2.05, 4.69) is 35.7 Å².